The summed E-state index contributed by atoms with van der Waals surface area (Å²) in [7, 11) is 0. The Morgan fingerprint density at radius 2 is 0.481 bits per heavy atom. The summed E-state index contributed by atoms with van der Waals surface area (Å²) >= 11 is 0. The zero-order chi connectivity index (χ0) is 35.2. The van der Waals surface area contributed by atoms with Gasteiger partial charge in [-0.3, -0.25) is 19.9 Å². The molecule has 0 saturated heterocycles. The van der Waals surface area contributed by atoms with E-state index in [4.69, 9.17) is 0 Å². The van der Waals surface area contributed by atoms with Crippen LogP contribution >= 0.6 is 0 Å². The third-order valence-electron chi connectivity index (χ3n) is 8.58. The van der Waals surface area contributed by atoms with Gasteiger partial charge in [0.25, 0.3) is 0 Å². The van der Waals surface area contributed by atoms with Crippen molar-refractivity contribution >= 4 is 70.2 Å². The van der Waals surface area contributed by atoms with E-state index < -0.39 is 0 Å². The van der Waals surface area contributed by atoms with Crippen molar-refractivity contribution in [1.29, 1.82) is 0 Å². The number of rotatable bonds is 8. The summed E-state index contributed by atoms with van der Waals surface area (Å²) < 4.78 is 0. The number of benzene rings is 4. The van der Waals surface area contributed by atoms with Crippen LogP contribution in [0.2, 0.25) is 0 Å². The monoisotopic (exact) mass is 668 g/mol. The largest absolute Gasteiger partial charge is 0.265 e. The topological polar surface area (TPSA) is 51.6 Å². The maximum Gasteiger partial charge on any atom is 0.0273 e. The maximum absolute atomic E-state index is 4.07. The molecular formula is C48H36N4. The molecule has 4 heteroatoms. The van der Waals surface area contributed by atoms with E-state index >= 15 is 0 Å². The molecule has 0 bridgehead atoms. The van der Waals surface area contributed by atoms with Gasteiger partial charge in [-0.1, -0.05) is 121 Å². The predicted molar refractivity (Wildman–Crippen MR) is 221 cm³/mol. The Labute approximate surface area is 304 Å². The molecule has 4 aromatic carbocycles. The molecular weight excluding hydrogens is 633 g/mol. The number of nitrogens with zero attached hydrogens (tertiary/aromatic N) is 4. The molecule has 4 nitrogen and oxygen atoms in total. The molecule has 0 radical (unpaired) electrons. The third kappa shape index (κ3) is 8.75. The van der Waals surface area contributed by atoms with E-state index in [-0.39, 0.29) is 0 Å². The van der Waals surface area contributed by atoms with E-state index in [0.29, 0.717) is 0 Å². The fourth-order valence-corrected chi connectivity index (χ4v) is 6.00. The minimum atomic E-state index is 1.14. The van der Waals surface area contributed by atoms with Crippen LogP contribution in [0.4, 0.5) is 0 Å². The van der Waals surface area contributed by atoms with Gasteiger partial charge < -0.3 is 0 Å². The summed E-state index contributed by atoms with van der Waals surface area (Å²) in [5.74, 6) is 0. The zero-order valence-electron chi connectivity index (χ0n) is 28.6. The van der Waals surface area contributed by atoms with Crippen LogP contribution in [-0.4, -0.2) is 19.9 Å². The highest BCUT2D eigenvalue weighted by atomic mass is 14.6. The Balaban J connectivity index is 0.000000162. The fourth-order valence-electron chi connectivity index (χ4n) is 6.00. The molecule has 0 saturated carbocycles. The molecule has 8 rings (SSSR count). The van der Waals surface area contributed by atoms with Crippen LogP contribution in [0.25, 0.3) is 70.2 Å². The van der Waals surface area contributed by atoms with Gasteiger partial charge in [0.2, 0.25) is 0 Å². The summed E-state index contributed by atoms with van der Waals surface area (Å²) in [6.45, 7) is 0. The lowest BCUT2D eigenvalue weighted by Crippen LogP contribution is -1.83. The van der Waals surface area contributed by atoms with Crippen molar-refractivity contribution in [3.63, 3.8) is 0 Å². The Morgan fingerprint density at radius 3 is 0.712 bits per heavy atom. The molecule has 0 N–H and O–H groups in total. The van der Waals surface area contributed by atoms with Crippen LogP contribution in [0, 0.1) is 0 Å². The summed E-state index contributed by atoms with van der Waals surface area (Å²) in [6.07, 6.45) is 31.7. The smallest absolute Gasteiger partial charge is 0.0273 e. The molecule has 4 heterocycles. The molecule has 0 unspecified atom stereocenters. The number of fused-ring (bicyclic) bond motifs is 2. The summed E-state index contributed by atoms with van der Waals surface area (Å²) in [4.78, 5) is 16.3. The van der Waals surface area contributed by atoms with E-state index in [1.807, 2.05) is 98.1 Å². The van der Waals surface area contributed by atoms with Gasteiger partial charge in [0.15, 0.2) is 0 Å². The molecule has 52 heavy (non-hydrogen) atoms. The predicted octanol–water partition coefficient (Wildman–Crippen LogP) is 11.9. The first-order valence-electron chi connectivity index (χ1n) is 17.2. The number of aromatic nitrogens is 4. The second kappa shape index (κ2) is 17.1. The lowest BCUT2D eigenvalue weighted by atomic mass is 9.98. The van der Waals surface area contributed by atoms with Gasteiger partial charge in [0.1, 0.15) is 0 Å². The van der Waals surface area contributed by atoms with E-state index in [2.05, 4.69) is 141 Å². The van der Waals surface area contributed by atoms with Crippen molar-refractivity contribution < 1.29 is 0 Å². The second-order valence-electron chi connectivity index (χ2n) is 12.0. The van der Waals surface area contributed by atoms with Gasteiger partial charge in [-0.15, -0.1) is 0 Å². The zero-order valence-corrected chi connectivity index (χ0v) is 28.6. The lowest BCUT2D eigenvalue weighted by Gasteiger charge is -2.07. The van der Waals surface area contributed by atoms with Crippen molar-refractivity contribution in [3.8, 4) is 0 Å². The van der Waals surface area contributed by atoms with Gasteiger partial charge in [-0.25, -0.2) is 0 Å². The van der Waals surface area contributed by atoms with Crippen LogP contribution in [0.5, 0.6) is 0 Å². The van der Waals surface area contributed by atoms with Crippen LogP contribution < -0.4 is 0 Å². The molecule has 0 fully saturated rings. The van der Waals surface area contributed by atoms with Crippen LogP contribution in [0.3, 0.4) is 0 Å². The van der Waals surface area contributed by atoms with Crippen molar-refractivity contribution in [3.05, 3.63) is 215 Å². The van der Waals surface area contributed by atoms with E-state index in [1.54, 1.807) is 0 Å². The molecule has 0 aliphatic carbocycles. The normalized spacial score (nSPS) is 11.5. The van der Waals surface area contributed by atoms with Gasteiger partial charge in [-0.05, 0) is 115 Å². The molecule has 0 spiro atoms. The molecule has 4 aromatic heterocycles. The van der Waals surface area contributed by atoms with Crippen molar-refractivity contribution in [2.75, 3.05) is 0 Å². The van der Waals surface area contributed by atoms with E-state index in [0.717, 1.165) is 22.3 Å². The Hall–Kier alpha value is -7.04. The van der Waals surface area contributed by atoms with Crippen molar-refractivity contribution in [2.45, 2.75) is 0 Å². The molecule has 0 amide bonds. The first-order chi connectivity index (χ1) is 25.8. The first kappa shape index (κ1) is 33.5. The first-order valence-corrected chi connectivity index (χ1v) is 17.2. The lowest BCUT2D eigenvalue weighted by molar-refractivity contribution is 1.32. The molecule has 0 aliphatic heterocycles. The number of hydrogen-bond acceptors (Lipinski definition) is 4. The van der Waals surface area contributed by atoms with Crippen LogP contribution in [0.15, 0.2) is 171 Å². The van der Waals surface area contributed by atoms with Crippen molar-refractivity contribution in [1.82, 2.24) is 19.9 Å². The summed E-state index contributed by atoms with van der Waals surface area (Å²) in [6, 6.07) is 41.7. The van der Waals surface area contributed by atoms with E-state index in [9.17, 15) is 0 Å². The van der Waals surface area contributed by atoms with Crippen LogP contribution in [-0.2, 0) is 0 Å². The van der Waals surface area contributed by atoms with Gasteiger partial charge >= 0.3 is 0 Å². The fraction of sp³-hybridized carbons (Fsp3) is 0. The third-order valence-corrected chi connectivity index (χ3v) is 8.58. The minimum Gasteiger partial charge on any atom is -0.265 e. The van der Waals surface area contributed by atoms with Gasteiger partial charge in [-0.2, -0.15) is 0 Å². The molecule has 0 atom stereocenters. The van der Waals surface area contributed by atoms with Crippen molar-refractivity contribution in [2.24, 2.45) is 0 Å². The highest BCUT2D eigenvalue weighted by molar-refractivity contribution is 6.01. The van der Waals surface area contributed by atoms with Gasteiger partial charge in [0, 0.05) is 49.6 Å². The molecule has 0 aliphatic rings. The Kier molecular flexibility index (Phi) is 11.0. The Bertz CT molecular complexity index is 2140. The van der Waals surface area contributed by atoms with E-state index in [1.165, 1.54) is 43.8 Å². The van der Waals surface area contributed by atoms with Gasteiger partial charge in [0.05, 0.1) is 0 Å². The minimum absolute atomic E-state index is 1.14. The maximum atomic E-state index is 4.07. The summed E-state index contributed by atoms with van der Waals surface area (Å²) in [5.41, 5.74) is 9.37. The molecule has 248 valence electrons. The SMILES string of the molecule is C(=C\c1cccc2cccc(/C=C/c3ccncc3)c12)/c1ccncc1.C(=C\c1cccc2cccc(/C=C/c3ccncc3)c12)/c1ccncc1. The molecule has 8 aromatic rings. The quantitative estimate of drug-likeness (QED) is 0.162. The van der Waals surface area contributed by atoms with Crippen LogP contribution in [0.1, 0.15) is 44.5 Å². The Morgan fingerprint density at radius 1 is 0.250 bits per heavy atom. The highest BCUT2D eigenvalue weighted by Crippen LogP contribution is 2.28. The summed E-state index contributed by atoms with van der Waals surface area (Å²) in [5, 5.41) is 4.98. The average Bonchev–Trinajstić information content (AvgIpc) is 3.22. The second-order valence-corrected chi connectivity index (χ2v) is 12.0. The number of hydrogen-bond donors (Lipinski definition) is 0. The highest BCUT2D eigenvalue weighted by Gasteiger charge is 2.04. The average molecular weight is 669 g/mol. The number of pyridine rings is 4. The standard InChI is InChI=1S/2C24H18N2/c2*1-3-21-4-2-6-23(10-8-20-13-17-26-18-14-20)24(21)22(5-1)9-7-19-11-15-25-16-12-19/h2*1-18H/b2*9-7+,10-8+.